The average Bonchev–Trinajstić information content (AvgIpc) is 3.40. The molecule has 0 amide bonds. The summed E-state index contributed by atoms with van der Waals surface area (Å²) in [5.41, 5.74) is 8.72. The van der Waals surface area contributed by atoms with Gasteiger partial charge in [-0.3, -0.25) is 9.59 Å². The highest BCUT2D eigenvalue weighted by atomic mass is 16.5. The van der Waals surface area contributed by atoms with Crippen LogP contribution in [0.4, 0.5) is 11.4 Å². The van der Waals surface area contributed by atoms with E-state index in [1.807, 2.05) is 6.07 Å². The smallest absolute Gasteiger partial charge is 0.409 e. The minimum atomic E-state index is -1.37. The van der Waals surface area contributed by atoms with Crippen molar-refractivity contribution < 1.29 is 19.1 Å². The summed E-state index contributed by atoms with van der Waals surface area (Å²) in [6.07, 6.45) is 0.544. The van der Waals surface area contributed by atoms with E-state index in [9.17, 15) is 9.59 Å². The molecular weight excluding hydrogens is 499 g/mol. The highest BCUT2D eigenvalue weighted by Crippen LogP contribution is 2.44. The molecule has 0 atom stereocenters. The Labute approximate surface area is 235 Å². The number of esters is 2. The van der Waals surface area contributed by atoms with E-state index in [1.54, 1.807) is 0 Å². The third kappa shape index (κ3) is 3.79. The van der Waals surface area contributed by atoms with Gasteiger partial charge in [0.25, 0.3) is 0 Å². The largest absolute Gasteiger partial charge is 0.468 e. The van der Waals surface area contributed by atoms with Crippen molar-refractivity contribution in [3.63, 3.8) is 0 Å². The van der Waals surface area contributed by atoms with Crippen molar-refractivity contribution in [2.75, 3.05) is 24.3 Å². The lowest BCUT2D eigenvalue weighted by Gasteiger charge is -2.39. The van der Waals surface area contributed by atoms with Gasteiger partial charge < -0.3 is 19.5 Å². The fraction of sp³-hybridized carbons (Fsp3) is 0.273. The number of anilines is 2. The van der Waals surface area contributed by atoms with E-state index in [2.05, 4.69) is 91.5 Å². The molecular formula is C33H33BN2O4. The van der Waals surface area contributed by atoms with Crippen molar-refractivity contribution in [2.24, 2.45) is 5.41 Å². The van der Waals surface area contributed by atoms with Gasteiger partial charge in [0.1, 0.15) is 0 Å². The van der Waals surface area contributed by atoms with Crippen LogP contribution in [-0.4, -0.2) is 33.1 Å². The molecule has 202 valence electrons. The van der Waals surface area contributed by atoms with Crippen LogP contribution in [-0.2, 0) is 38.4 Å². The minimum Gasteiger partial charge on any atom is -0.468 e. The first-order valence-corrected chi connectivity index (χ1v) is 13.7. The summed E-state index contributed by atoms with van der Waals surface area (Å²) in [4.78, 5) is 28.5. The Morgan fingerprint density at radius 3 is 2.10 bits per heavy atom. The Hall–Kier alpha value is -4.26. The Bertz CT molecular complexity index is 1650. The molecule has 1 N–H and O–H groups in total. The van der Waals surface area contributed by atoms with Crippen molar-refractivity contribution >= 4 is 46.5 Å². The summed E-state index contributed by atoms with van der Waals surface area (Å²) in [5.74, 6) is -1.09. The lowest BCUT2D eigenvalue weighted by atomic mass is 9.59. The molecule has 4 aromatic carbocycles. The van der Waals surface area contributed by atoms with Gasteiger partial charge in [-0.25, -0.2) is 0 Å². The number of ether oxygens (including phenoxy) is 2. The summed E-state index contributed by atoms with van der Waals surface area (Å²) in [6, 6.07) is 23.4. The lowest BCUT2D eigenvalue weighted by molar-refractivity contribution is -0.168. The zero-order valence-electron chi connectivity index (χ0n) is 23.6. The monoisotopic (exact) mass is 532 g/mol. The third-order valence-corrected chi connectivity index (χ3v) is 9.01. The Kier molecular flexibility index (Phi) is 6.33. The zero-order chi connectivity index (χ0) is 28.2. The van der Waals surface area contributed by atoms with Crippen LogP contribution in [0.25, 0.3) is 10.8 Å². The molecule has 6 nitrogen and oxygen atoms in total. The standard InChI is InChI=1S/C33H33BN2O4/c1-20-21(2)30(22(3)26-18-33(17-25(20)26,31(37)39-4)32(38)40-5)34-35-27-15-9-13-24-14-10-16-28(29(24)27)36(34)19-23-11-7-6-8-12-23/h6-16,35H,17-19H2,1-5H3. The molecule has 4 aromatic rings. The van der Waals surface area contributed by atoms with E-state index in [-0.39, 0.29) is 19.8 Å². The molecule has 0 saturated heterocycles. The van der Waals surface area contributed by atoms with Crippen LogP contribution < -0.4 is 15.5 Å². The van der Waals surface area contributed by atoms with Gasteiger partial charge in [0.2, 0.25) is 0 Å². The fourth-order valence-electron chi connectivity index (χ4n) is 6.87. The van der Waals surface area contributed by atoms with Gasteiger partial charge in [-0.1, -0.05) is 54.6 Å². The van der Waals surface area contributed by atoms with Gasteiger partial charge in [-0.2, -0.15) is 0 Å². The Morgan fingerprint density at radius 2 is 1.45 bits per heavy atom. The van der Waals surface area contributed by atoms with Gasteiger partial charge in [0.05, 0.1) is 14.2 Å². The second-order valence-electron chi connectivity index (χ2n) is 11.0. The number of nitrogens with one attached hydrogen (secondary N) is 1. The normalized spacial score (nSPS) is 15.0. The highest BCUT2D eigenvalue weighted by Gasteiger charge is 2.54. The van der Waals surface area contributed by atoms with Gasteiger partial charge in [-0.05, 0) is 77.1 Å². The van der Waals surface area contributed by atoms with Gasteiger partial charge >= 0.3 is 18.9 Å². The van der Waals surface area contributed by atoms with Crippen molar-refractivity contribution in [2.45, 2.75) is 40.2 Å². The molecule has 1 aliphatic carbocycles. The van der Waals surface area contributed by atoms with Gasteiger partial charge in [0, 0.05) is 36.1 Å². The first-order chi connectivity index (χ1) is 19.3. The average molecular weight is 532 g/mol. The van der Waals surface area contributed by atoms with Crippen molar-refractivity contribution in [3.8, 4) is 0 Å². The molecule has 0 aromatic heterocycles. The number of fused-ring (bicyclic) bond motifs is 1. The molecule has 0 saturated carbocycles. The van der Waals surface area contributed by atoms with Crippen molar-refractivity contribution in [1.82, 2.24) is 0 Å². The van der Waals surface area contributed by atoms with Crippen LogP contribution in [0.1, 0.15) is 33.4 Å². The van der Waals surface area contributed by atoms with Crippen LogP contribution in [0.3, 0.4) is 0 Å². The van der Waals surface area contributed by atoms with E-state index in [1.165, 1.54) is 41.7 Å². The first-order valence-electron chi connectivity index (χ1n) is 13.7. The first kappa shape index (κ1) is 26.0. The predicted octanol–water partition coefficient (Wildman–Crippen LogP) is 5.02. The zero-order valence-corrected chi connectivity index (χ0v) is 23.6. The minimum absolute atomic E-state index is 0.157. The number of rotatable bonds is 5. The van der Waals surface area contributed by atoms with Gasteiger partial charge in [0.15, 0.2) is 5.41 Å². The number of hydrogen-bond acceptors (Lipinski definition) is 6. The second kappa shape index (κ2) is 9.74. The maximum Gasteiger partial charge on any atom is 0.409 e. The van der Waals surface area contributed by atoms with Crippen LogP contribution >= 0.6 is 0 Å². The highest BCUT2D eigenvalue weighted by molar-refractivity contribution is 6.81. The Morgan fingerprint density at radius 1 is 0.825 bits per heavy atom. The second-order valence-corrected chi connectivity index (χ2v) is 11.0. The predicted molar refractivity (Wildman–Crippen MR) is 160 cm³/mol. The molecule has 6 rings (SSSR count). The summed E-state index contributed by atoms with van der Waals surface area (Å²) in [6.45, 7) is 6.93. The SMILES string of the molecule is COC(=O)C1(C(=O)OC)Cc2c(C)c(C)c(B3Nc4cccc5cccc(c45)N3Cc3ccccc3)c(C)c2C1. The summed E-state index contributed by atoms with van der Waals surface area (Å²) < 4.78 is 10.3. The molecule has 7 heteroatoms. The van der Waals surface area contributed by atoms with Crippen LogP contribution in [0.15, 0.2) is 66.7 Å². The third-order valence-electron chi connectivity index (χ3n) is 9.01. The van der Waals surface area contributed by atoms with E-state index in [0.717, 1.165) is 40.0 Å². The molecule has 0 spiro atoms. The molecule has 0 radical (unpaired) electrons. The number of nitrogens with zero attached hydrogens (tertiary/aromatic N) is 1. The molecule has 1 heterocycles. The number of hydrogen-bond donors (Lipinski definition) is 1. The molecule has 0 fully saturated rings. The number of carbonyl (C=O) groups excluding carboxylic acids is 2. The van der Waals surface area contributed by atoms with E-state index in [0.29, 0.717) is 0 Å². The van der Waals surface area contributed by atoms with E-state index >= 15 is 0 Å². The summed E-state index contributed by atoms with van der Waals surface area (Å²) in [7, 11) is 2.66. The lowest BCUT2D eigenvalue weighted by Crippen LogP contribution is -2.57. The quantitative estimate of drug-likeness (QED) is 0.221. The number of benzene rings is 4. The molecule has 1 aliphatic heterocycles. The van der Waals surface area contributed by atoms with Crippen LogP contribution in [0.2, 0.25) is 0 Å². The molecule has 0 unspecified atom stereocenters. The maximum atomic E-state index is 13.1. The maximum absolute atomic E-state index is 13.1. The Balaban J connectivity index is 1.54. The topological polar surface area (TPSA) is 67.9 Å². The molecule has 2 aliphatic rings. The molecule has 0 bridgehead atoms. The van der Waals surface area contributed by atoms with Crippen molar-refractivity contribution in [3.05, 3.63) is 100 Å². The summed E-state index contributed by atoms with van der Waals surface area (Å²) in [5, 5.41) is 6.28. The van der Waals surface area contributed by atoms with Gasteiger partial charge in [-0.15, -0.1) is 0 Å². The fourth-order valence-corrected chi connectivity index (χ4v) is 6.87. The number of methoxy groups -OCH3 is 2. The van der Waals surface area contributed by atoms with E-state index < -0.39 is 17.4 Å². The summed E-state index contributed by atoms with van der Waals surface area (Å²) >= 11 is 0. The van der Waals surface area contributed by atoms with E-state index in [4.69, 9.17) is 9.47 Å². The van der Waals surface area contributed by atoms with Crippen LogP contribution in [0.5, 0.6) is 0 Å². The van der Waals surface area contributed by atoms with Crippen LogP contribution in [0, 0.1) is 26.2 Å². The number of carbonyl (C=O) groups is 2. The van der Waals surface area contributed by atoms with Crippen molar-refractivity contribution in [1.29, 1.82) is 0 Å². The molecule has 40 heavy (non-hydrogen) atoms.